The van der Waals surface area contributed by atoms with Gasteiger partial charge in [-0.25, -0.2) is 4.90 Å². The van der Waals surface area contributed by atoms with Gasteiger partial charge in [-0.15, -0.1) is 0 Å². The van der Waals surface area contributed by atoms with Gasteiger partial charge in [0.15, 0.2) is 11.5 Å². The van der Waals surface area contributed by atoms with E-state index >= 15 is 0 Å². The van der Waals surface area contributed by atoms with Crippen LogP contribution in [0.3, 0.4) is 0 Å². The summed E-state index contributed by atoms with van der Waals surface area (Å²) in [5.41, 5.74) is -0.965. The van der Waals surface area contributed by atoms with E-state index in [1.165, 1.54) is 14.2 Å². The maximum absolute atomic E-state index is 13.2. The largest absolute Gasteiger partial charge is 0.493 e. The van der Waals surface area contributed by atoms with E-state index in [0.29, 0.717) is 22.3 Å². The van der Waals surface area contributed by atoms with Crippen LogP contribution in [0.1, 0.15) is 11.1 Å². The molecule has 31 heavy (non-hydrogen) atoms. The topological polar surface area (TPSA) is 77.4 Å². The number of hydrogen-bond donors (Lipinski definition) is 0. The first-order valence-electron chi connectivity index (χ1n) is 8.88. The normalized spacial score (nSPS) is 20.5. The molecule has 2 aromatic carbocycles. The van der Waals surface area contributed by atoms with E-state index in [1.54, 1.807) is 18.2 Å². The molecule has 0 saturated carbocycles. The van der Waals surface area contributed by atoms with Gasteiger partial charge in [0, 0.05) is 5.56 Å². The predicted octanol–water partition coefficient (Wildman–Crippen LogP) is 3.67. The molecule has 2 aliphatic heterocycles. The second kappa shape index (κ2) is 7.45. The fourth-order valence-electron chi connectivity index (χ4n) is 3.59. The SMILES string of the molecule is COc1cccc(C2=NOC3C(=O)N(c4cc(C(F)(F)F)ccc4Cl)C(=O)C23)c1OC. The number of methoxy groups -OCH3 is 2. The molecule has 2 aliphatic rings. The minimum absolute atomic E-state index is 0.102. The van der Waals surface area contributed by atoms with Gasteiger partial charge in [-0.3, -0.25) is 9.59 Å². The number of anilines is 1. The molecule has 0 spiro atoms. The van der Waals surface area contributed by atoms with Crippen molar-refractivity contribution in [1.29, 1.82) is 0 Å². The van der Waals surface area contributed by atoms with Gasteiger partial charge in [0.05, 0.1) is 30.5 Å². The molecule has 2 atom stereocenters. The van der Waals surface area contributed by atoms with Gasteiger partial charge in [-0.2, -0.15) is 13.2 Å². The van der Waals surface area contributed by atoms with E-state index in [4.69, 9.17) is 25.9 Å². The molecule has 0 bridgehead atoms. The Hall–Kier alpha value is -3.27. The van der Waals surface area contributed by atoms with Crippen LogP contribution in [0.4, 0.5) is 18.9 Å². The number of alkyl halides is 3. The number of hydrogen-bond acceptors (Lipinski definition) is 6. The van der Waals surface area contributed by atoms with Crippen molar-refractivity contribution in [2.45, 2.75) is 12.3 Å². The number of carbonyl (C=O) groups excluding carboxylic acids is 2. The fourth-order valence-corrected chi connectivity index (χ4v) is 3.79. The standard InChI is InChI=1S/C20H14ClF3N2O5/c1-29-13-5-3-4-10(16(13)30-2)15-14-17(31-25-15)19(28)26(18(14)27)12-8-9(20(22,23)24)6-7-11(12)21/h3-8,14,17H,1-2H3. The highest BCUT2D eigenvalue weighted by atomic mass is 35.5. The number of carbonyl (C=O) groups is 2. The Kier molecular flexibility index (Phi) is 5.04. The lowest BCUT2D eigenvalue weighted by atomic mass is 9.93. The van der Waals surface area contributed by atoms with Crippen LogP contribution >= 0.6 is 11.6 Å². The fraction of sp³-hybridized carbons (Fsp3) is 0.250. The van der Waals surface area contributed by atoms with Crippen LogP contribution in [0.2, 0.25) is 5.02 Å². The maximum atomic E-state index is 13.2. The zero-order chi connectivity index (χ0) is 22.5. The number of para-hydroxylation sites is 1. The molecule has 0 N–H and O–H groups in total. The number of rotatable bonds is 4. The summed E-state index contributed by atoms with van der Waals surface area (Å²) in [6.07, 6.45) is -6.01. The summed E-state index contributed by atoms with van der Waals surface area (Å²) in [5.74, 6) is -2.22. The molecule has 0 aromatic heterocycles. The first kappa shape index (κ1) is 21.0. The molecule has 1 fully saturated rings. The average Bonchev–Trinajstić information content (AvgIpc) is 3.27. The Morgan fingerprint density at radius 3 is 2.48 bits per heavy atom. The number of benzene rings is 2. The molecule has 2 unspecified atom stereocenters. The molecule has 162 valence electrons. The lowest BCUT2D eigenvalue weighted by Gasteiger charge is -2.19. The van der Waals surface area contributed by atoms with Gasteiger partial charge < -0.3 is 14.3 Å². The summed E-state index contributed by atoms with van der Waals surface area (Å²) < 4.78 is 50.0. The van der Waals surface area contributed by atoms with Crippen molar-refractivity contribution in [3.8, 4) is 11.5 Å². The third-order valence-electron chi connectivity index (χ3n) is 5.01. The summed E-state index contributed by atoms with van der Waals surface area (Å²) in [6.45, 7) is 0. The van der Waals surface area contributed by atoms with Crippen molar-refractivity contribution >= 4 is 34.8 Å². The number of halogens is 4. The lowest BCUT2D eigenvalue weighted by Crippen LogP contribution is -2.33. The van der Waals surface area contributed by atoms with Crippen LogP contribution in [0.15, 0.2) is 41.6 Å². The zero-order valence-electron chi connectivity index (χ0n) is 16.1. The highest BCUT2D eigenvalue weighted by Gasteiger charge is 2.57. The summed E-state index contributed by atoms with van der Waals surface area (Å²) in [4.78, 5) is 31.9. The van der Waals surface area contributed by atoms with Gasteiger partial charge in [-0.1, -0.05) is 22.8 Å². The number of nitrogens with zero attached hydrogens (tertiary/aromatic N) is 2. The molecular formula is C20H14ClF3N2O5. The molecule has 1 saturated heterocycles. The van der Waals surface area contributed by atoms with Crippen LogP contribution in [-0.2, 0) is 20.6 Å². The smallest absolute Gasteiger partial charge is 0.416 e. The monoisotopic (exact) mass is 454 g/mol. The van der Waals surface area contributed by atoms with Crippen molar-refractivity contribution in [3.63, 3.8) is 0 Å². The second-order valence-corrected chi connectivity index (χ2v) is 7.10. The van der Waals surface area contributed by atoms with E-state index in [1.807, 2.05) is 0 Å². The predicted molar refractivity (Wildman–Crippen MR) is 103 cm³/mol. The van der Waals surface area contributed by atoms with E-state index < -0.39 is 35.6 Å². The summed E-state index contributed by atoms with van der Waals surface area (Å²) >= 11 is 6.03. The van der Waals surface area contributed by atoms with Gasteiger partial charge in [0.25, 0.3) is 5.91 Å². The van der Waals surface area contributed by atoms with Crippen molar-refractivity contribution < 1.29 is 37.1 Å². The molecule has 7 nitrogen and oxygen atoms in total. The minimum atomic E-state index is -4.68. The number of oxime groups is 1. The third kappa shape index (κ3) is 3.27. The van der Waals surface area contributed by atoms with Crippen LogP contribution in [0, 0.1) is 5.92 Å². The third-order valence-corrected chi connectivity index (χ3v) is 5.33. The zero-order valence-corrected chi connectivity index (χ0v) is 16.8. The summed E-state index contributed by atoms with van der Waals surface area (Å²) in [6, 6.07) is 7.27. The minimum Gasteiger partial charge on any atom is -0.493 e. The van der Waals surface area contributed by atoms with Crippen LogP contribution in [-0.4, -0.2) is 37.8 Å². The van der Waals surface area contributed by atoms with Crippen LogP contribution < -0.4 is 14.4 Å². The van der Waals surface area contributed by atoms with E-state index in [2.05, 4.69) is 5.16 Å². The molecule has 2 aromatic rings. The Morgan fingerprint density at radius 1 is 1.10 bits per heavy atom. The molecule has 11 heteroatoms. The lowest BCUT2D eigenvalue weighted by molar-refractivity contribution is -0.137. The first-order valence-corrected chi connectivity index (χ1v) is 9.26. The van der Waals surface area contributed by atoms with Crippen molar-refractivity contribution in [1.82, 2.24) is 0 Å². The summed E-state index contributed by atoms with van der Waals surface area (Å²) in [5, 5.41) is 3.69. The van der Waals surface area contributed by atoms with Crippen molar-refractivity contribution in [3.05, 3.63) is 52.5 Å². The molecule has 2 heterocycles. The number of fused-ring (bicyclic) bond motifs is 1. The molecule has 0 aliphatic carbocycles. The highest BCUT2D eigenvalue weighted by Crippen LogP contribution is 2.42. The Labute approximate surface area is 178 Å². The van der Waals surface area contributed by atoms with Crippen LogP contribution in [0.5, 0.6) is 11.5 Å². The Morgan fingerprint density at radius 2 is 1.84 bits per heavy atom. The molecule has 0 radical (unpaired) electrons. The van der Waals surface area contributed by atoms with Gasteiger partial charge >= 0.3 is 6.18 Å². The van der Waals surface area contributed by atoms with Crippen molar-refractivity contribution in [2.75, 3.05) is 19.1 Å². The molecular weight excluding hydrogens is 441 g/mol. The molecule has 2 amide bonds. The number of amides is 2. The second-order valence-electron chi connectivity index (χ2n) is 6.70. The van der Waals surface area contributed by atoms with Gasteiger partial charge in [0.1, 0.15) is 11.6 Å². The first-order chi connectivity index (χ1) is 14.7. The maximum Gasteiger partial charge on any atom is 0.416 e. The Bertz CT molecular complexity index is 1120. The summed E-state index contributed by atoms with van der Waals surface area (Å²) in [7, 11) is 2.82. The Balaban J connectivity index is 1.76. The molecule has 4 rings (SSSR count). The van der Waals surface area contributed by atoms with Gasteiger partial charge in [-0.05, 0) is 30.3 Å². The quantitative estimate of drug-likeness (QED) is 0.659. The number of ether oxygens (including phenoxy) is 2. The van der Waals surface area contributed by atoms with Gasteiger partial charge in [0.2, 0.25) is 12.0 Å². The average molecular weight is 455 g/mol. The van der Waals surface area contributed by atoms with Crippen LogP contribution in [0.25, 0.3) is 0 Å². The van der Waals surface area contributed by atoms with E-state index in [9.17, 15) is 22.8 Å². The highest BCUT2D eigenvalue weighted by molar-refractivity contribution is 6.38. The van der Waals surface area contributed by atoms with Crippen molar-refractivity contribution in [2.24, 2.45) is 11.1 Å². The number of imide groups is 1. The van der Waals surface area contributed by atoms with E-state index in [-0.39, 0.29) is 22.2 Å². The van der Waals surface area contributed by atoms with E-state index in [0.717, 1.165) is 12.1 Å².